The smallest absolute Gasteiger partial charge is 0.336 e. The quantitative estimate of drug-likeness (QED) is 0.484. The second kappa shape index (κ2) is 8.74. The van der Waals surface area contributed by atoms with Crippen molar-refractivity contribution in [3.8, 4) is 11.1 Å². The van der Waals surface area contributed by atoms with E-state index in [0.717, 1.165) is 34.8 Å². The number of aryl methyl sites for hydroxylation is 1. The number of aromatic nitrogens is 3. The van der Waals surface area contributed by atoms with E-state index in [2.05, 4.69) is 22.2 Å². The Morgan fingerprint density at radius 3 is 2.30 bits per heavy atom. The van der Waals surface area contributed by atoms with Crippen molar-refractivity contribution in [2.45, 2.75) is 26.3 Å². The highest BCUT2D eigenvalue weighted by molar-refractivity contribution is 5.96. The average Bonchev–Trinajstić information content (AvgIpc) is 3.16. The summed E-state index contributed by atoms with van der Waals surface area (Å²) >= 11 is 0. The van der Waals surface area contributed by atoms with Crippen LogP contribution in [0.3, 0.4) is 0 Å². The molecule has 3 aromatic carbocycles. The molecule has 0 saturated heterocycles. The van der Waals surface area contributed by atoms with Gasteiger partial charge in [-0.25, -0.2) is 14.5 Å². The van der Waals surface area contributed by atoms with E-state index in [1.165, 1.54) is 0 Å². The molecule has 0 atom stereocenters. The van der Waals surface area contributed by atoms with Crippen molar-refractivity contribution < 1.29 is 9.90 Å². The van der Waals surface area contributed by atoms with Gasteiger partial charge < -0.3 is 5.11 Å². The van der Waals surface area contributed by atoms with Crippen LogP contribution in [0.1, 0.15) is 40.1 Å². The lowest BCUT2D eigenvalue weighted by Gasteiger charge is -2.10. The molecule has 1 N–H and O–H groups in total. The number of carbonyl (C=O) groups is 1. The number of aromatic carboxylic acids is 1. The first-order valence-electron chi connectivity index (χ1n) is 10.0. The molecular weight excluding hydrogens is 374 g/mol. The summed E-state index contributed by atoms with van der Waals surface area (Å²) in [4.78, 5) is 16.6. The molecule has 4 aromatic rings. The molecule has 0 unspecified atom stereocenters. The van der Waals surface area contributed by atoms with E-state index in [1.807, 2.05) is 72.3 Å². The highest BCUT2D eigenvalue weighted by Crippen LogP contribution is 2.25. The van der Waals surface area contributed by atoms with Gasteiger partial charge in [-0.2, -0.15) is 5.10 Å². The van der Waals surface area contributed by atoms with Crippen molar-refractivity contribution in [2.24, 2.45) is 0 Å². The van der Waals surface area contributed by atoms with E-state index in [1.54, 1.807) is 6.07 Å². The Labute approximate surface area is 175 Å². The molecule has 30 heavy (non-hydrogen) atoms. The van der Waals surface area contributed by atoms with Crippen molar-refractivity contribution in [1.29, 1.82) is 0 Å². The molecule has 1 heterocycles. The Morgan fingerprint density at radius 2 is 1.63 bits per heavy atom. The van der Waals surface area contributed by atoms with Crippen molar-refractivity contribution in [3.05, 3.63) is 107 Å². The van der Waals surface area contributed by atoms with Gasteiger partial charge in [-0.1, -0.05) is 79.7 Å². The van der Waals surface area contributed by atoms with E-state index < -0.39 is 5.97 Å². The zero-order valence-electron chi connectivity index (χ0n) is 16.8. The first-order valence-corrected chi connectivity index (χ1v) is 10.0. The number of carboxylic acid groups (broad SMARTS) is 1. The molecule has 0 radical (unpaired) electrons. The van der Waals surface area contributed by atoms with Crippen molar-refractivity contribution in [1.82, 2.24) is 14.8 Å². The Bertz CT molecular complexity index is 1150. The number of hydrogen-bond acceptors (Lipinski definition) is 3. The summed E-state index contributed by atoms with van der Waals surface area (Å²) in [6, 6.07) is 25.3. The Hall–Kier alpha value is -3.73. The molecule has 4 rings (SSSR count). The summed E-state index contributed by atoms with van der Waals surface area (Å²) in [5.74, 6) is 0.733. The largest absolute Gasteiger partial charge is 0.478 e. The summed E-state index contributed by atoms with van der Waals surface area (Å²) < 4.78 is 1.88. The maximum absolute atomic E-state index is 11.9. The summed E-state index contributed by atoms with van der Waals surface area (Å²) in [6.07, 6.45) is 1.43. The lowest BCUT2D eigenvalue weighted by Crippen LogP contribution is -2.08. The monoisotopic (exact) mass is 397 g/mol. The first-order chi connectivity index (χ1) is 14.6. The fourth-order valence-corrected chi connectivity index (χ4v) is 3.58. The minimum Gasteiger partial charge on any atom is -0.478 e. The van der Waals surface area contributed by atoms with Crippen molar-refractivity contribution in [2.75, 3.05) is 0 Å². The van der Waals surface area contributed by atoms with Crippen LogP contribution >= 0.6 is 0 Å². The van der Waals surface area contributed by atoms with Crippen molar-refractivity contribution >= 4 is 5.97 Å². The molecule has 0 aliphatic carbocycles. The third-order valence-electron chi connectivity index (χ3n) is 5.05. The van der Waals surface area contributed by atoms with Gasteiger partial charge in [0.2, 0.25) is 0 Å². The number of benzene rings is 3. The maximum atomic E-state index is 11.9. The summed E-state index contributed by atoms with van der Waals surface area (Å²) in [5.41, 5.74) is 3.95. The van der Waals surface area contributed by atoms with Gasteiger partial charge in [-0.15, -0.1) is 0 Å². The molecule has 0 bridgehead atoms. The molecular formula is C25H23N3O2. The Kier molecular flexibility index (Phi) is 5.70. The van der Waals surface area contributed by atoms with Crippen LogP contribution in [0.15, 0.2) is 78.9 Å². The van der Waals surface area contributed by atoms with Crippen LogP contribution in [0.4, 0.5) is 0 Å². The molecule has 150 valence electrons. The van der Waals surface area contributed by atoms with Crippen LogP contribution in [-0.2, 0) is 19.4 Å². The number of nitrogens with zero attached hydrogens (tertiary/aromatic N) is 3. The van der Waals surface area contributed by atoms with Gasteiger partial charge in [0.15, 0.2) is 5.82 Å². The normalized spacial score (nSPS) is 10.8. The number of carboxylic acids is 1. The maximum Gasteiger partial charge on any atom is 0.336 e. The van der Waals surface area contributed by atoms with Gasteiger partial charge in [0.05, 0.1) is 12.1 Å². The van der Waals surface area contributed by atoms with Crippen LogP contribution in [0, 0.1) is 0 Å². The third-order valence-corrected chi connectivity index (χ3v) is 5.05. The van der Waals surface area contributed by atoms with E-state index in [0.29, 0.717) is 24.1 Å². The van der Waals surface area contributed by atoms with Crippen LogP contribution in [0.5, 0.6) is 0 Å². The van der Waals surface area contributed by atoms with Gasteiger partial charge >= 0.3 is 5.97 Å². The summed E-state index contributed by atoms with van der Waals surface area (Å²) in [7, 11) is 0. The summed E-state index contributed by atoms with van der Waals surface area (Å²) in [5, 5.41) is 14.4. The SMILES string of the molecule is CCc1nc(Cc2ccccc2)nn1Cc1ccc(-c2ccccc2)c(C(=O)O)c1. The fourth-order valence-electron chi connectivity index (χ4n) is 3.58. The predicted molar refractivity (Wildman–Crippen MR) is 117 cm³/mol. The highest BCUT2D eigenvalue weighted by Gasteiger charge is 2.15. The molecule has 1 aromatic heterocycles. The lowest BCUT2D eigenvalue weighted by molar-refractivity contribution is 0.0697. The minimum atomic E-state index is -0.935. The molecule has 5 heteroatoms. The van der Waals surface area contributed by atoms with Gasteiger partial charge in [0.25, 0.3) is 0 Å². The van der Waals surface area contributed by atoms with Crippen molar-refractivity contribution in [3.63, 3.8) is 0 Å². The Morgan fingerprint density at radius 1 is 0.933 bits per heavy atom. The summed E-state index contributed by atoms with van der Waals surface area (Å²) in [6.45, 7) is 2.54. The van der Waals surface area contributed by atoms with Crippen LogP contribution < -0.4 is 0 Å². The van der Waals surface area contributed by atoms with E-state index >= 15 is 0 Å². The predicted octanol–water partition coefficient (Wildman–Crippen LogP) is 4.84. The molecule has 0 fully saturated rings. The molecule has 5 nitrogen and oxygen atoms in total. The standard InChI is InChI=1S/C25H23N3O2/c1-2-24-26-23(16-18-9-5-3-6-10-18)27-28(24)17-19-13-14-21(22(15-19)25(29)30)20-11-7-4-8-12-20/h3-15H,2,16-17H2,1H3,(H,29,30). The van der Waals surface area contributed by atoms with E-state index in [-0.39, 0.29) is 0 Å². The second-order valence-electron chi connectivity index (χ2n) is 7.17. The van der Waals surface area contributed by atoms with Crippen LogP contribution in [0.2, 0.25) is 0 Å². The van der Waals surface area contributed by atoms with Crippen LogP contribution in [0.25, 0.3) is 11.1 Å². The average molecular weight is 397 g/mol. The zero-order valence-corrected chi connectivity index (χ0v) is 16.8. The van der Waals surface area contributed by atoms with Crippen LogP contribution in [-0.4, -0.2) is 25.8 Å². The number of rotatable bonds is 7. The van der Waals surface area contributed by atoms with E-state index in [9.17, 15) is 9.90 Å². The highest BCUT2D eigenvalue weighted by atomic mass is 16.4. The topological polar surface area (TPSA) is 68.0 Å². The minimum absolute atomic E-state index is 0.293. The van der Waals surface area contributed by atoms with E-state index in [4.69, 9.17) is 0 Å². The molecule has 0 saturated carbocycles. The van der Waals surface area contributed by atoms with Gasteiger partial charge in [0.1, 0.15) is 5.82 Å². The molecule has 0 aliphatic heterocycles. The molecule has 0 spiro atoms. The first kappa shape index (κ1) is 19.6. The molecule has 0 aliphatic rings. The Balaban J connectivity index is 1.62. The third kappa shape index (κ3) is 4.30. The number of hydrogen-bond donors (Lipinski definition) is 1. The van der Waals surface area contributed by atoms with Gasteiger partial charge in [-0.05, 0) is 28.3 Å². The molecule has 0 amide bonds. The zero-order chi connectivity index (χ0) is 20.9. The van der Waals surface area contributed by atoms with Gasteiger partial charge in [-0.3, -0.25) is 0 Å². The second-order valence-corrected chi connectivity index (χ2v) is 7.17. The fraction of sp³-hybridized carbons (Fsp3) is 0.160. The van der Waals surface area contributed by atoms with Gasteiger partial charge in [0, 0.05) is 12.8 Å². The lowest BCUT2D eigenvalue weighted by atomic mass is 9.97.